The average Bonchev–Trinajstić information content (AvgIpc) is 3.24. The highest BCUT2D eigenvalue weighted by Gasteiger charge is 2.14. The number of anilines is 4. The molecule has 0 aliphatic heterocycles. The zero-order chi connectivity index (χ0) is 26.6. The Labute approximate surface area is 222 Å². The number of hydrogen-bond donors (Lipinski definition) is 4. The topological polar surface area (TPSA) is 121 Å². The fraction of sp³-hybridized carbons (Fsp3) is 0.185. The predicted molar refractivity (Wildman–Crippen MR) is 148 cm³/mol. The van der Waals surface area contributed by atoms with Crippen LogP contribution in [0.3, 0.4) is 0 Å². The van der Waals surface area contributed by atoms with Gasteiger partial charge in [0, 0.05) is 41.8 Å². The summed E-state index contributed by atoms with van der Waals surface area (Å²) in [5.74, 6) is 1.99. The average molecular weight is 531 g/mol. The summed E-state index contributed by atoms with van der Waals surface area (Å²) in [4.78, 5) is 20.8. The smallest absolute Gasteiger partial charge is 0.234 e. The van der Waals surface area contributed by atoms with Crippen molar-refractivity contribution in [2.24, 2.45) is 0 Å². The fourth-order valence-corrected chi connectivity index (χ4v) is 5.07. The van der Waals surface area contributed by atoms with Crippen LogP contribution in [-0.2, 0) is 17.4 Å². The standard InChI is InChI=1S/C27H27FN8OS/c1-16-5-10-22(28)26-25(16)21(17(2)32-26)11-14-29-23-15-24(34-18(3)33-23)35-19-6-8-20(9-7-19)38(37)36-27-30-12-4-13-31-27/h4-10,12-13,15,32H,11,14H2,1-3H3,(H,30,31,36)(H2,29,33,34,35). The first kappa shape index (κ1) is 25.3. The second-order valence-corrected chi connectivity index (χ2v) is 10.0. The number of benzene rings is 2. The largest absolute Gasteiger partial charge is 0.370 e. The van der Waals surface area contributed by atoms with Crippen LogP contribution in [0.2, 0.25) is 0 Å². The number of hydrogen-bond acceptors (Lipinski definition) is 7. The summed E-state index contributed by atoms with van der Waals surface area (Å²) < 4.78 is 29.6. The quantitative estimate of drug-likeness (QED) is 0.203. The van der Waals surface area contributed by atoms with Crippen molar-refractivity contribution >= 4 is 45.2 Å². The number of aromatic amines is 1. The Kier molecular flexibility index (Phi) is 7.27. The van der Waals surface area contributed by atoms with E-state index in [1.54, 1.807) is 30.6 Å². The Morgan fingerprint density at radius 1 is 0.974 bits per heavy atom. The molecule has 4 N–H and O–H groups in total. The highest BCUT2D eigenvalue weighted by atomic mass is 32.2. The van der Waals surface area contributed by atoms with Crippen molar-refractivity contribution in [3.63, 3.8) is 0 Å². The molecule has 0 radical (unpaired) electrons. The zero-order valence-corrected chi connectivity index (χ0v) is 22.0. The van der Waals surface area contributed by atoms with Gasteiger partial charge in [0.15, 0.2) is 11.0 Å². The number of nitrogens with zero attached hydrogens (tertiary/aromatic N) is 4. The van der Waals surface area contributed by atoms with Crippen LogP contribution in [0.1, 0.15) is 22.6 Å². The molecule has 194 valence electrons. The number of rotatable bonds is 9. The minimum absolute atomic E-state index is 0.240. The number of aromatic nitrogens is 5. The maximum atomic E-state index is 14.3. The molecule has 5 aromatic rings. The van der Waals surface area contributed by atoms with E-state index in [9.17, 15) is 8.60 Å². The van der Waals surface area contributed by atoms with Gasteiger partial charge < -0.3 is 15.6 Å². The number of halogens is 1. The molecule has 9 nitrogen and oxygen atoms in total. The van der Waals surface area contributed by atoms with Gasteiger partial charge in [-0.05, 0) is 74.7 Å². The summed E-state index contributed by atoms with van der Waals surface area (Å²) in [5, 5.41) is 7.58. The SMILES string of the molecule is Cc1nc(NCCc2c(C)[nH]c3c(F)ccc(C)c23)cc(Nc2ccc(S(=O)Nc3ncccn3)cc2)n1. The Bertz CT molecular complexity index is 1610. The fourth-order valence-electron chi connectivity index (χ4n) is 4.30. The third kappa shape index (κ3) is 5.62. The number of nitrogens with one attached hydrogen (secondary N) is 4. The molecule has 2 aromatic carbocycles. The predicted octanol–water partition coefficient (Wildman–Crippen LogP) is 5.35. The van der Waals surface area contributed by atoms with Gasteiger partial charge in [0.05, 0.1) is 10.4 Å². The lowest BCUT2D eigenvalue weighted by Gasteiger charge is -2.11. The minimum atomic E-state index is -1.49. The van der Waals surface area contributed by atoms with Crippen molar-refractivity contribution in [2.75, 3.05) is 21.9 Å². The molecule has 0 aliphatic carbocycles. The monoisotopic (exact) mass is 530 g/mol. The van der Waals surface area contributed by atoms with E-state index < -0.39 is 11.0 Å². The first-order valence-electron chi connectivity index (χ1n) is 12.1. The van der Waals surface area contributed by atoms with Crippen LogP contribution in [0.4, 0.5) is 27.7 Å². The molecule has 1 unspecified atom stereocenters. The lowest BCUT2D eigenvalue weighted by Crippen LogP contribution is -2.09. The molecule has 0 bridgehead atoms. The molecule has 3 heterocycles. The summed E-state index contributed by atoms with van der Waals surface area (Å²) in [5.41, 5.74) is 4.45. The van der Waals surface area contributed by atoms with E-state index in [1.807, 2.05) is 45.0 Å². The lowest BCUT2D eigenvalue weighted by molar-refractivity contribution is 0.637. The van der Waals surface area contributed by atoms with Crippen LogP contribution >= 0.6 is 0 Å². The lowest BCUT2D eigenvalue weighted by atomic mass is 10.0. The van der Waals surface area contributed by atoms with Crippen LogP contribution in [0, 0.1) is 26.6 Å². The third-order valence-corrected chi connectivity index (χ3v) is 7.11. The Balaban J connectivity index is 1.23. The summed E-state index contributed by atoms with van der Waals surface area (Å²) in [6.07, 6.45) is 3.87. The number of H-pyrrole nitrogens is 1. The summed E-state index contributed by atoms with van der Waals surface area (Å²) in [6, 6.07) is 14.0. The molecule has 1 atom stereocenters. The van der Waals surface area contributed by atoms with Gasteiger partial charge in [0.1, 0.15) is 23.3 Å². The van der Waals surface area contributed by atoms with Gasteiger partial charge in [0.25, 0.3) is 0 Å². The molecule has 3 aromatic heterocycles. The Morgan fingerprint density at radius 3 is 2.47 bits per heavy atom. The first-order valence-corrected chi connectivity index (χ1v) is 13.2. The van der Waals surface area contributed by atoms with E-state index in [0.717, 1.165) is 27.9 Å². The molecule has 38 heavy (non-hydrogen) atoms. The molecule has 0 saturated carbocycles. The van der Waals surface area contributed by atoms with Gasteiger partial charge in [-0.3, -0.25) is 4.72 Å². The van der Waals surface area contributed by atoms with E-state index in [0.29, 0.717) is 46.8 Å². The molecular formula is C27H27FN8OS. The van der Waals surface area contributed by atoms with E-state index in [2.05, 4.69) is 40.3 Å². The molecule has 0 saturated heterocycles. The van der Waals surface area contributed by atoms with Gasteiger partial charge >= 0.3 is 0 Å². The van der Waals surface area contributed by atoms with Crippen LogP contribution in [0.5, 0.6) is 0 Å². The highest BCUT2D eigenvalue weighted by molar-refractivity contribution is 7.86. The first-order chi connectivity index (χ1) is 18.4. The molecule has 0 spiro atoms. The van der Waals surface area contributed by atoms with Gasteiger partial charge in [-0.15, -0.1) is 0 Å². The zero-order valence-electron chi connectivity index (χ0n) is 21.2. The van der Waals surface area contributed by atoms with Crippen molar-refractivity contribution < 1.29 is 8.60 Å². The van der Waals surface area contributed by atoms with E-state index in [1.165, 1.54) is 6.07 Å². The molecule has 0 amide bonds. The second kappa shape index (κ2) is 10.9. The van der Waals surface area contributed by atoms with Crippen molar-refractivity contribution in [3.05, 3.63) is 89.4 Å². The summed E-state index contributed by atoms with van der Waals surface area (Å²) in [7, 11) is -1.49. The van der Waals surface area contributed by atoms with Gasteiger partial charge in [-0.1, -0.05) is 6.07 Å². The number of aryl methyl sites for hydroxylation is 3. The van der Waals surface area contributed by atoms with Crippen LogP contribution < -0.4 is 15.4 Å². The Morgan fingerprint density at radius 2 is 1.71 bits per heavy atom. The van der Waals surface area contributed by atoms with Crippen LogP contribution in [0.25, 0.3) is 10.9 Å². The van der Waals surface area contributed by atoms with Crippen molar-refractivity contribution in [3.8, 4) is 0 Å². The normalized spacial score (nSPS) is 11.9. The van der Waals surface area contributed by atoms with Crippen molar-refractivity contribution in [1.82, 2.24) is 24.9 Å². The maximum Gasteiger partial charge on any atom is 0.234 e. The van der Waals surface area contributed by atoms with Crippen molar-refractivity contribution in [2.45, 2.75) is 32.1 Å². The minimum Gasteiger partial charge on any atom is -0.370 e. The van der Waals surface area contributed by atoms with Gasteiger partial charge in [-0.25, -0.2) is 28.5 Å². The van der Waals surface area contributed by atoms with E-state index >= 15 is 0 Å². The molecule has 0 aliphatic rings. The molecule has 11 heteroatoms. The maximum absolute atomic E-state index is 14.3. The highest BCUT2D eigenvalue weighted by Crippen LogP contribution is 2.28. The van der Waals surface area contributed by atoms with Gasteiger partial charge in [-0.2, -0.15) is 0 Å². The Hall–Kier alpha value is -4.38. The molecular weight excluding hydrogens is 503 g/mol. The summed E-state index contributed by atoms with van der Waals surface area (Å²) in [6.45, 7) is 6.42. The van der Waals surface area contributed by atoms with E-state index in [4.69, 9.17) is 0 Å². The molecule has 0 fully saturated rings. The second-order valence-electron chi connectivity index (χ2n) is 8.80. The third-order valence-electron chi connectivity index (χ3n) is 6.04. The van der Waals surface area contributed by atoms with Crippen LogP contribution in [0.15, 0.2) is 65.8 Å². The van der Waals surface area contributed by atoms with Crippen molar-refractivity contribution in [1.29, 1.82) is 0 Å². The summed E-state index contributed by atoms with van der Waals surface area (Å²) >= 11 is 0. The van der Waals surface area contributed by atoms with E-state index in [-0.39, 0.29) is 5.82 Å². The number of fused-ring (bicyclic) bond motifs is 1. The molecule has 5 rings (SSSR count). The van der Waals surface area contributed by atoms with Crippen LogP contribution in [-0.4, -0.2) is 35.7 Å². The van der Waals surface area contributed by atoms with Gasteiger partial charge in [0.2, 0.25) is 5.95 Å².